The second-order valence-electron chi connectivity index (χ2n) is 4.80. The number of hydrogen-bond acceptors (Lipinski definition) is 6. The predicted octanol–water partition coefficient (Wildman–Crippen LogP) is 3.29. The second kappa shape index (κ2) is 14.9. The largest absolute Gasteiger partial charge is 0.501 e. The van der Waals surface area contributed by atoms with Crippen molar-refractivity contribution in [2.24, 2.45) is 0 Å². The lowest BCUT2D eigenvalue weighted by Gasteiger charge is -2.28. The Morgan fingerprint density at radius 1 is 1.00 bits per heavy atom. The van der Waals surface area contributed by atoms with Crippen LogP contribution in [0.2, 0.25) is 6.04 Å². The zero-order chi connectivity index (χ0) is 18.3. The van der Waals surface area contributed by atoms with Crippen molar-refractivity contribution in [3.8, 4) is 0 Å². The van der Waals surface area contributed by atoms with Crippen LogP contribution in [0.3, 0.4) is 0 Å². The first-order valence-electron chi connectivity index (χ1n) is 8.20. The van der Waals surface area contributed by atoms with Crippen LogP contribution in [0.1, 0.15) is 32.8 Å². The minimum absolute atomic E-state index is 0.348. The van der Waals surface area contributed by atoms with Crippen LogP contribution < -0.4 is 0 Å². The molecule has 1 aromatic rings. The van der Waals surface area contributed by atoms with Gasteiger partial charge in [0.15, 0.2) is 0 Å². The third-order valence-corrected chi connectivity index (χ3v) is 6.72. The van der Waals surface area contributed by atoms with E-state index in [-0.39, 0.29) is 0 Å². The molecule has 0 saturated heterocycles. The van der Waals surface area contributed by atoms with Gasteiger partial charge in [-0.3, -0.25) is 4.18 Å². The average Bonchev–Trinajstić information content (AvgIpc) is 2.54. The Labute approximate surface area is 153 Å². The second-order valence-corrected chi connectivity index (χ2v) is 9.13. The van der Waals surface area contributed by atoms with Gasteiger partial charge in [-0.05, 0) is 34.1 Å². The van der Waals surface area contributed by atoms with Gasteiger partial charge >= 0.3 is 8.80 Å². The lowest BCUT2D eigenvalue weighted by Crippen LogP contribution is -2.46. The summed E-state index contributed by atoms with van der Waals surface area (Å²) < 4.78 is 32.4. The fraction of sp³-hybridized carbons (Fsp3) is 0.625. The van der Waals surface area contributed by atoms with E-state index in [0.717, 1.165) is 0 Å². The molecule has 1 aromatic carbocycles. The number of rotatable bonds is 11. The standard InChI is InChI=1S/C9H22O5S2Si.C7H8/c1-4-12-17(13-5-2,14-6-3)9-7-8-11-16(10)15;1-7-5-3-2-4-6-7/h16H,4-9H2,1-3H3;2-6H,1H3. The maximum Gasteiger partial charge on any atom is 0.501 e. The summed E-state index contributed by atoms with van der Waals surface area (Å²) in [5.74, 6) is 0. The van der Waals surface area contributed by atoms with Crippen LogP contribution in [-0.2, 0) is 38.3 Å². The van der Waals surface area contributed by atoms with Gasteiger partial charge in [0.1, 0.15) is 9.64 Å². The van der Waals surface area contributed by atoms with Crippen LogP contribution in [0.5, 0.6) is 0 Å². The van der Waals surface area contributed by atoms with Gasteiger partial charge in [-0.15, -0.1) is 0 Å². The van der Waals surface area contributed by atoms with Crippen LogP contribution in [0.25, 0.3) is 0 Å². The van der Waals surface area contributed by atoms with E-state index in [9.17, 15) is 4.21 Å². The molecule has 24 heavy (non-hydrogen) atoms. The van der Waals surface area contributed by atoms with Gasteiger partial charge in [-0.1, -0.05) is 35.9 Å². The normalized spacial score (nSPS) is 12.3. The van der Waals surface area contributed by atoms with Gasteiger partial charge in [0.25, 0.3) is 0 Å². The van der Waals surface area contributed by atoms with Crippen LogP contribution in [0, 0.1) is 6.92 Å². The Morgan fingerprint density at radius 3 is 1.83 bits per heavy atom. The molecule has 8 heteroatoms. The Bertz CT molecular complexity index is 458. The topological polar surface area (TPSA) is 54.0 Å². The summed E-state index contributed by atoms with van der Waals surface area (Å²) in [5, 5.41) is 0. The summed E-state index contributed by atoms with van der Waals surface area (Å²) in [6, 6.07) is 10.9. The highest BCUT2D eigenvalue weighted by Gasteiger charge is 2.39. The van der Waals surface area contributed by atoms with E-state index in [1.807, 2.05) is 39.0 Å². The smallest absolute Gasteiger partial charge is 0.374 e. The van der Waals surface area contributed by atoms with E-state index in [1.54, 1.807) is 0 Å². The lowest BCUT2D eigenvalue weighted by atomic mass is 10.2. The van der Waals surface area contributed by atoms with Crippen molar-refractivity contribution in [2.45, 2.75) is 40.2 Å². The molecule has 5 nitrogen and oxygen atoms in total. The molecule has 0 fully saturated rings. The van der Waals surface area contributed by atoms with Crippen molar-refractivity contribution in [2.75, 3.05) is 26.4 Å². The number of thiol groups is 1. The highest BCUT2D eigenvalue weighted by molar-refractivity contribution is 8.19. The lowest BCUT2D eigenvalue weighted by molar-refractivity contribution is 0.0698. The van der Waals surface area contributed by atoms with Crippen molar-refractivity contribution in [1.29, 1.82) is 0 Å². The van der Waals surface area contributed by atoms with E-state index in [1.165, 1.54) is 5.56 Å². The predicted molar refractivity (Wildman–Crippen MR) is 104 cm³/mol. The molecular formula is C16H30O5S2Si. The van der Waals surface area contributed by atoms with Gasteiger partial charge in [0.2, 0.25) is 0 Å². The van der Waals surface area contributed by atoms with Gasteiger partial charge in [0, 0.05) is 37.1 Å². The Kier molecular flexibility index (Phi) is 14.7. The molecule has 1 rings (SSSR count). The number of hydrogen-bond donors (Lipinski definition) is 1. The van der Waals surface area contributed by atoms with Crippen molar-refractivity contribution < 1.29 is 21.7 Å². The molecule has 0 saturated carbocycles. The Morgan fingerprint density at radius 2 is 1.50 bits per heavy atom. The molecule has 140 valence electrons. The van der Waals surface area contributed by atoms with Crippen molar-refractivity contribution in [1.82, 2.24) is 0 Å². The highest BCUT2D eigenvalue weighted by atomic mass is 32.8. The zero-order valence-corrected chi connectivity index (χ0v) is 17.7. The van der Waals surface area contributed by atoms with Crippen molar-refractivity contribution in [3.05, 3.63) is 35.9 Å². The van der Waals surface area contributed by atoms with E-state index in [0.29, 0.717) is 38.9 Å². The van der Waals surface area contributed by atoms with E-state index in [4.69, 9.17) is 17.5 Å². The number of aryl methyl sites for hydroxylation is 1. The molecule has 0 N–H and O–H groups in total. The molecule has 0 heterocycles. The maximum atomic E-state index is 10.6. The molecule has 0 aliphatic rings. The molecule has 0 spiro atoms. The third kappa shape index (κ3) is 12.1. The highest BCUT2D eigenvalue weighted by Crippen LogP contribution is 2.18. The van der Waals surface area contributed by atoms with Crippen LogP contribution in [-0.4, -0.2) is 39.4 Å². The molecule has 0 amide bonds. The van der Waals surface area contributed by atoms with Gasteiger partial charge < -0.3 is 13.3 Å². The Hall–Kier alpha value is -0.353. The van der Waals surface area contributed by atoms with Gasteiger partial charge in [0.05, 0.1) is 6.61 Å². The van der Waals surface area contributed by atoms with Crippen molar-refractivity contribution in [3.63, 3.8) is 0 Å². The fourth-order valence-corrected chi connectivity index (χ4v) is 5.05. The van der Waals surface area contributed by atoms with Crippen LogP contribution in [0.15, 0.2) is 30.3 Å². The molecule has 0 bridgehead atoms. The zero-order valence-electron chi connectivity index (χ0n) is 15.0. The first kappa shape index (κ1) is 23.6. The summed E-state index contributed by atoms with van der Waals surface area (Å²) in [5.41, 5.74) is 1.32. The van der Waals surface area contributed by atoms with E-state index < -0.39 is 18.4 Å². The summed E-state index contributed by atoms with van der Waals surface area (Å²) in [6.45, 7) is 9.84. The van der Waals surface area contributed by atoms with Gasteiger partial charge in [-0.2, -0.15) is 0 Å². The SMILES string of the molecule is CCO[Si](CCCO[SH](=O)=S)(OCC)OCC.Cc1ccccc1. The van der Waals surface area contributed by atoms with E-state index in [2.05, 4.69) is 30.2 Å². The Balaban J connectivity index is 0.000000620. The average molecular weight is 395 g/mol. The minimum atomic E-state index is -2.58. The summed E-state index contributed by atoms with van der Waals surface area (Å²) in [4.78, 5) is 0. The molecule has 1 atom stereocenters. The first-order valence-corrected chi connectivity index (χ1v) is 12.3. The molecule has 1 unspecified atom stereocenters. The fourth-order valence-electron chi connectivity index (χ4n) is 1.96. The summed E-state index contributed by atoms with van der Waals surface area (Å²) in [7, 11) is -4.52. The quantitative estimate of drug-likeness (QED) is 0.353. The molecule has 0 aliphatic carbocycles. The van der Waals surface area contributed by atoms with Crippen LogP contribution >= 0.6 is 0 Å². The van der Waals surface area contributed by atoms with Crippen molar-refractivity contribution >= 4 is 29.6 Å². The van der Waals surface area contributed by atoms with E-state index >= 15 is 0 Å². The number of benzene rings is 1. The summed E-state index contributed by atoms with van der Waals surface area (Å²) >= 11 is 4.44. The molecule has 0 radical (unpaired) electrons. The molecule has 0 aliphatic heterocycles. The third-order valence-electron chi connectivity index (χ3n) is 2.86. The molecule has 0 aromatic heterocycles. The monoisotopic (exact) mass is 394 g/mol. The first-order chi connectivity index (χ1) is 11.5. The molecular weight excluding hydrogens is 364 g/mol. The maximum absolute atomic E-state index is 10.6. The van der Waals surface area contributed by atoms with Gasteiger partial charge in [-0.25, -0.2) is 4.21 Å². The minimum Gasteiger partial charge on any atom is -0.374 e. The summed E-state index contributed by atoms with van der Waals surface area (Å²) in [6.07, 6.45) is 0.671. The van der Waals surface area contributed by atoms with Crippen LogP contribution in [0.4, 0.5) is 0 Å².